The Morgan fingerprint density at radius 3 is 1.97 bits per heavy atom. The maximum absolute atomic E-state index is 12.6. The zero-order chi connectivity index (χ0) is 24.4. The van der Waals surface area contributed by atoms with Crippen LogP contribution in [-0.2, 0) is 30.3 Å². The second-order valence-corrected chi connectivity index (χ2v) is 7.00. The van der Waals surface area contributed by atoms with E-state index in [1.807, 2.05) is 6.92 Å². The first-order valence-electron chi connectivity index (χ1n) is 10.7. The van der Waals surface area contributed by atoms with E-state index in [-0.39, 0.29) is 42.9 Å². The van der Waals surface area contributed by atoms with Crippen molar-refractivity contribution in [1.29, 1.82) is 0 Å². The molecule has 0 fully saturated rings. The maximum Gasteiger partial charge on any atom is 0.340 e. The van der Waals surface area contributed by atoms with Crippen molar-refractivity contribution in [2.75, 3.05) is 25.5 Å². The van der Waals surface area contributed by atoms with E-state index in [9.17, 15) is 19.2 Å². The molecule has 3 N–H and O–H groups in total. The number of nitrogens with zero attached hydrogens (tertiary/aromatic N) is 1. The van der Waals surface area contributed by atoms with Crippen LogP contribution >= 0.6 is 0 Å². The Morgan fingerprint density at radius 1 is 0.970 bits per heavy atom. The lowest BCUT2D eigenvalue weighted by molar-refractivity contribution is -0.199. The third-order valence-corrected chi connectivity index (χ3v) is 4.77. The van der Waals surface area contributed by atoms with Crippen molar-refractivity contribution in [3.05, 3.63) is 41.0 Å². The fraction of sp³-hybridized carbons (Fsp3) is 0.391. The number of hydrogen-bond acceptors (Lipinski definition) is 9. The van der Waals surface area contributed by atoms with Crippen LogP contribution in [0.4, 0.5) is 5.69 Å². The monoisotopic (exact) mass is 459 g/mol. The third-order valence-electron chi connectivity index (χ3n) is 4.77. The van der Waals surface area contributed by atoms with Gasteiger partial charge in [-0.2, -0.15) is 5.43 Å². The van der Waals surface area contributed by atoms with Gasteiger partial charge in [-0.15, -0.1) is 0 Å². The van der Waals surface area contributed by atoms with Gasteiger partial charge in [0.25, 0.3) is 5.91 Å². The molecule has 2 rings (SSSR count). The van der Waals surface area contributed by atoms with Crippen LogP contribution in [-0.4, -0.2) is 49.2 Å². The van der Waals surface area contributed by atoms with Crippen molar-refractivity contribution >= 4 is 30.0 Å². The molecule has 0 aromatic rings. The molecule has 0 saturated heterocycles. The number of fused-ring (bicyclic) bond motifs is 1. The SMILES string of the molecule is CCCCNN(OC=O)C(=O)Cc1ccc2c(C(=O)OCC)c(N)c(C(=O)OCC)c-2cc1. The zero-order valence-electron chi connectivity index (χ0n) is 19.0. The van der Waals surface area contributed by atoms with Crippen LogP contribution in [0, 0.1) is 0 Å². The van der Waals surface area contributed by atoms with Crippen molar-refractivity contribution in [2.24, 2.45) is 0 Å². The minimum atomic E-state index is -0.662. The number of ether oxygens (including phenoxy) is 2. The van der Waals surface area contributed by atoms with Gasteiger partial charge in [-0.3, -0.25) is 9.59 Å². The number of hydroxylamine groups is 1. The molecule has 1 amide bonds. The summed E-state index contributed by atoms with van der Waals surface area (Å²) >= 11 is 0. The summed E-state index contributed by atoms with van der Waals surface area (Å²) in [5.41, 5.74) is 10.4. The van der Waals surface area contributed by atoms with E-state index < -0.39 is 17.8 Å². The molecule has 0 heterocycles. The zero-order valence-corrected chi connectivity index (χ0v) is 19.0. The first-order chi connectivity index (χ1) is 15.9. The number of carbonyl (C=O) groups excluding carboxylic acids is 4. The first-order valence-corrected chi connectivity index (χ1v) is 10.7. The first kappa shape index (κ1) is 25.6. The summed E-state index contributed by atoms with van der Waals surface area (Å²) in [7, 11) is 0. The van der Waals surface area contributed by atoms with Gasteiger partial charge >= 0.3 is 18.4 Å². The van der Waals surface area contributed by atoms with Crippen molar-refractivity contribution in [2.45, 2.75) is 40.0 Å². The Kier molecular flexibility index (Phi) is 9.62. The predicted molar refractivity (Wildman–Crippen MR) is 120 cm³/mol. The van der Waals surface area contributed by atoms with Crippen molar-refractivity contribution in [3.63, 3.8) is 0 Å². The van der Waals surface area contributed by atoms with Gasteiger partial charge in [-0.1, -0.05) is 42.8 Å². The molecule has 2 aliphatic carbocycles. The molecule has 178 valence electrons. The van der Waals surface area contributed by atoms with E-state index in [0.29, 0.717) is 23.2 Å². The average Bonchev–Trinajstić information content (AvgIpc) is 2.91. The molecule has 0 aromatic carbocycles. The molecule has 10 heteroatoms. The minimum absolute atomic E-state index is 0.0172. The van der Waals surface area contributed by atoms with Crippen LogP contribution in [0.25, 0.3) is 11.1 Å². The Labute approximate surface area is 192 Å². The van der Waals surface area contributed by atoms with Crippen LogP contribution in [0.5, 0.6) is 0 Å². The van der Waals surface area contributed by atoms with E-state index in [0.717, 1.165) is 18.0 Å². The topological polar surface area (TPSA) is 137 Å². The number of nitrogens with one attached hydrogen (secondary N) is 1. The van der Waals surface area contributed by atoms with Gasteiger partial charge in [-0.05, 0) is 37.0 Å². The Morgan fingerprint density at radius 2 is 1.52 bits per heavy atom. The maximum atomic E-state index is 12.6. The lowest BCUT2D eigenvalue weighted by atomic mass is 10.1. The van der Waals surface area contributed by atoms with Crippen molar-refractivity contribution in [3.8, 4) is 11.1 Å². The number of hydrazine groups is 1. The molecule has 0 spiro atoms. The molecule has 0 aromatic heterocycles. The van der Waals surface area contributed by atoms with Gasteiger partial charge in [0.1, 0.15) is 0 Å². The Bertz CT molecular complexity index is 921. The number of esters is 2. The van der Waals surface area contributed by atoms with E-state index in [1.165, 1.54) is 0 Å². The summed E-state index contributed by atoms with van der Waals surface area (Å²) < 4.78 is 10.2. The number of rotatable bonds is 12. The van der Waals surface area contributed by atoms with E-state index in [1.54, 1.807) is 38.1 Å². The number of nitrogen functional groups attached to an aromatic ring is 1. The standard InChI is InChI=1S/C23H29N3O7/c1-4-7-12-25-26(33-14-27)18(28)13-15-8-10-16-17(11-9-15)20(23(30)32-6-3)21(24)19(16)22(29)31-5-2/h8-11,14,25H,4-7,12-13,24H2,1-3H3. The highest BCUT2D eigenvalue weighted by atomic mass is 16.7. The van der Waals surface area contributed by atoms with Crippen LogP contribution in [0.3, 0.4) is 0 Å². The quantitative estimate of drug-likeness (QED) is 0.212. The molecule has 2 aliphatic rings. The van der Waals surface area contributed by atoms with Crippen LogP contribution in [0.1, 0.15) is 59.9 Å². The van der Waals surface area contributed by atoms with Crippen molar-refractivity contribution in [1.82, 2.24) is 10.6 Å². The number of carbonyl (C=O) groups is 4. The largest absolute Gasteiger partial charge is 0.462 e. The highest BCUT2D eigenvalue weighted by Crippen LogP contribution is 2.39. The van der Waals surface area contributed by atoms with Gasteiger partial charge in [0.05, 0.1) is 36.4 Å². The molecule has 33 heavy (non-hydrogen) atoms. The second-order valence-electron chi connectivity index (χ2n) is 7.00. The van der Waals surface area contributed by atoms with E-state index in [4.69, 9.17) is 20.0 Å². The molecule has 0 radical (unpaired) electrons. The number of anilines is 1. The summed E-state index contributed by atoms with van der Waals surface area (Å²) in [6.45, 7) is 6.21. The van der Waals surface area contributed by atoms with Gasteiger partial charge in [0.2, 0.25) is 0 Å². The van der Waals surface area contributed by atoms with Crippen LogP contribution in [0.15, 0.2) is 24.3 Å². The summed E-state index contributed by atoms with van der Waals surface area (Å²) in [4.78, 5) is 53.2. The van der Waals surface area contributed by atoms with Gasteiger partial charge < -0.3 is 20.0 Å². The van der Waals surface area contributed by atoms with Crippen LogP contribution < -0.4 is 11.2 Å². The summed E-state index contributed by atoms with van der Waals surface area (Å²) in [5, 5.41) is 0.793. The molecular formula is C23H29N3O7. The molecular weight excluding hydrogens is 430 g/mol. The van der Waals surface area contributed by atoms with Crippen LogP contribution in [0.2, 0.25) is 0 Å². The number of amides is 1. The molecule has 0 unspecified atom stereocenters. The second kappa shape index (κ2) is 12.4. The number of nitrogens with two attached hydrogens (primary N) is 1. The van der Waals surface area contributed by atoms with E-state index in [2.05, 4.69) is 5.43 Å². The van der Waals surface area contributed by atoms with E-state index >= 15 is 0 Å². The Balaban J connectivity index is 2.45. The number of hydrogen-bond donors (Lipinski definition) is 2. The Hall–Kier alpha value is -3.66. The molecule has 0 aliphatic heterocycles. The summed E-state index contributed by atoms with van der Waals surface area (Å²) in [6, 6.07) is 6.45. The highest BCUT2D eigenvalue weighted by Gasteiger charge is 2.30. The fourth-order valence-corrected chi connectivity index (χ4v) is 3.26. The lowest BCUT2D eigenvalue weighted by Gasteiger charge is -2.19. The lowest BCUT2D eigenvalue weighted by Crippen LogP contribution is -2.43. The molecule has 0 saturated carbocycles. The molecule has 0 bridgehead atoms. The number of unbranched alkanes of at least 4 members (excludes halogenated alkanes) is 1. The molecule has 0 atom stereocenters. The minimum Gasteiger partial charge on any atom is -0.462 e. The normalized spacial score (nSPS) is 10.5. The molecule has 10 nitrogen and oxygen atoms in total. The summed E-state index contributed by atoms with van der Waals surface area (Å²) in [6.07, 6.45) is 1.58. The van der Waals surface area contributed by atoms with Gasteiger partial charge in [0.15, 0.2) is 0 Å². The van der Waals surface area contributed by atoms with Gasteiger partial charge in [-0.25, -0.2) is 9.59 Å². The fourth-order valence-electron chi connectivity index (χ4n) is 3.26. The van der Waals surface area contributed by atoms with Gasteiger partial charge in [0, 0.05) is 6.54 Å². The highest BCUT2D eigenvalue weighted by molar-refractivity contribution is 6.15. The third kappa shape index (κ3) is 6.19. The smallest absolute Gasteiger partial charge is 0.340 e. The summed E-state index contributed by atoms with van der Waals surface area (Å²) in [5.74, 6) is -1.82. The van der Waals surface area contributed by atoms with Crippen molar-refractivity contribution < 1.29 is 33.5 Å². The average molecular weight is 459 g/mol. The predicted octanol–water partition coefficient (Wildman–Crippen LogP) is 2.49.